The number of hydrogen-bond acceptors (Lipinski definition) is 0. The predicted molar refractivity (Wildman–Crippen MR) is 53.7 cm³/mol. The molecule has 0 aliphatic rings. The zero-order chi connectivity index (χ0) is 8.43. The number of benzene rings is 1. The molecule has 0 saturated heterocycles. The van der Waals surface area contributed by atoms with Gasteiger partial charge in [0, 0.05) is 9.13 Å². The van der Waals surface area contributed by atoms with Crippen molar-refractivity contribution in [2.24, 2.45) is 0 Å². The summed E-state index contributed by atoms with van der Waals surface area (Å²) in [4.78, 5) is 0. The van der Waals surface area contributed by atoms with E-state index in [2.05, 4.69) is 0 Å². The Kier molecular flexibility index (Phi) is 3.40. The van der Waals surface area contributed by atoms with E-state index in [0.29, 0.717) is 10.6 Å². The Morgan fingerprint density at radius 3 is 2.64 bits per heavy atom. The van der Waals surface area contributed by atoms with Crippen LogP contribution in [0.5, 0.6) is 0 Å². The third-order valence-corrected chi connectivity index (χ3v) is 3.05. The highest BCUT2D eigenvalue weighted by Crippen LogP contribution is 2.22. The second-order valence-electron chi connectivity index (χ2n) is 1.99. The first kappa shape index (κ1) is 9.55. The molecule has 4 heteroatoms. The number of halogens is 4. The molecule has 0 amide bonds. The molecule has 0 aliphatic heterocycles. The Morgan fingerprint density at radius 2 is 2.09 bits per heavy atom. The molecule has 1 aromatic carbocycles. The fourth-order valence-electron chi connectivity index (χ4n) is 0.666. The first-order valence-electron chi connectivity index (χ1n) is 2.84. The van der Waals surface area contributed by atoms with E-state index >= 15 is 0 Å². The van der Waals surface area contributed by atoms with Crippen LogP contribution in [0, 0.1) is 9.39 Å². The topological polar surface area (TPSA) is 0 Å². The normalized spacial score (nSPS) is 10.2. The van der Waals surface area contributed by atoms with Crippen molar-refractivity contribution in [3.8, 4) is 0 Å². The summed E-state index contributed by atoms with van der Waals surface area (Å²) < 4.78 is 13.7. The summed E-state index contributed by atoms with van der Waals surface area (Å²) >= 11 is 13.2. The molecule has 0 unspecified atom stereocenters. The smallest absolute Gasteiger partial charge is 0.129 e. The van der Waals surface area contributed by atoms with Crippen LogP contribution in [-0.2, 0) is 5.88 Å². The van der Waals surface area contributed by atoms with E-state index < -0.39 is 0 Å². The lowest BCUT2D eigenvalue weighted by molar-refractivity contribution is 0.616. The van der Waals surface area contributed by atoms with Crippen molar-refractivity contribution in [1.29, 1.82) is 0 Å². The predicted octanol–water partition coefficient (Wildman–Crippen LogP) is 3.82. The highest BCUT2D eigenvalue weighted by Gasteiger charge is 2.04. The first-order valence-corrected chi connectivity index (χ1v) is 4.83. The van der Waals surface area contributed by atoms with Gasteiger partial charge in [0.2, 0.25) is 0 Å². The maximum Gasteiger partial charge on any atom is 0.129 e. The summed E-state index contributed by atoms with van der Waals surface area (Å²) in [5.41, 5.74) is 0.487. The van der Waals surface area contributed by atoms with E-state index in [-0.39, 0.29) is 11.7 Å². The molecule has 1 rings (SSSR count). The zero-order valence-electron chi connectivity index (χ0n) is 5.37. The standard InChI is InChI=1S/C7H4Cl2FI/c8-3-4-1-7(11)5(9)2-6(4)10/h1-2H,3H2. The van der Waals surface area contributed by atoms with E-state index in [0.717, 1.165) is 3.57 Å². The number of rotatable bonds is 1. The largest absolute Gasteiger partial charge is 0.207 e. The van der Waals surface area contributed by atoms with Crippen molar-refractivity contribution in [2.75, 3.05) is 0 Å². The molecule has 60 valence electrons. The molecule has 0 spiro atoms. The van der Waals surface area contributed by atoms with E-state index in [1.165, 1.54) is 6.07 Å². The summed E-state index contributed by atoms with van der Waals surface area (Å²) in [5, 5.41) is 0.428. The number of alkyl halides is 1. The van der Waals surface area contributed by atoms with Crippen molar-refractivity contribution in [3.05, 3.63) is 32.1 Å². The van der Waals surface area contributed by atoms with Crippen molar-refractivity contribution in [1.82, 2.24) is 0 Å². The second kappa shape index (κ2) is 3.92. The molecule has 0 saturated carbocycles. The quantitative estimate of drug-likeness (QED) is 0.420. The average molecular weight is 305 g/mol. The molecule has 0 radical (unpaired) electrons. The Labute approximate surface area is 87.8 Å². The van der Waals surface area contributed by atoms with Gasteiger partial charge in [0.05, 0.1) is 10.9 Å². The fourth-order valence-corrected chi connectivity index (χ4v) is 1.55. The van der Waals surface area contributed by atoms with Gasteiger partial charge >= 0.3 is 0 Å². The summed E-state index contributed by atoms with van der Waals surface area (Å²) in [5.74, 6) is -0.163. The van der Waals surface area contributed by atoms with E-state index in [1.54, 1.807) is 6.07 Å². The molecular weight excluding hydrogens is 301 g/mol. The van der Waals surface area contributed by atoms with Gasteiger partial charge in [-0.25, -0.2) is 4.39 Å². The van der Waals surface area contributed by atoms with E-state index in [4.69, 9.17) is 23.2 Å². The van der Waals surface area contributed by atoms with Gasteiger partial charge < -0.3 is 0 Å². The van der Waals surface area contributed by atoms with Gasteiger partial charge in [-0.3, -0.25) is 0 Å². The van der Waals surface area contributed by atoms with E-state index in [1.807, 2.05) is 22.6 Å². The lowest BCUT2D eigenvalue weighted by atomic mass is 10.2. The van der Waals surface area contributed by atoms with Crippen molar-refractivity contribution in [2.45, 2.75) is 5.88 Å². The molecule has 1 aromatic rings. The third-order valence-electron chi connectivity index (χ3n) is 1.23. The van der Waals surface area contributed by atoms with Crippen LogP contribution in [0.4, 0.5) is 4.39 Å². The lowest BCUT2D eigenvalue weighted by Gasteiger charge is -2.00. The van der Waals surface area contributed by atoms with Crippen LogP contribution < -0.4 is 0 Å². The maximum absolute atomic E-state index is 12.9. The van der Waals surface area contributed by atoms with Gasteiger partial charge in [0.25, 0.3) is 0 Å². The monoisotopic (exact) mass is 304 g/mol. The molecule has 0 aromatic heterocycles. The third kappa shape index (κ3) is 2.20. The van der Waals surface area contributed by atoms with Crippen LogP contribution >= 0.6 is 45.8 Å². The fraction of sp³-hybridized carbons (Fsp3) is 0.143. The molecule has 0 fully saturated rings. The highest BCUT2D eigenvalue weighted by atomic mass is 127. The van der Waals surface area contributed by atoms with Gasteiger partial charge in [-0.15, -0.1) is 11.6 Å². The van der Waals surface area contributed by atoms with Crippen molar-refractivity contribution >= 4 is 45.8 Å². The van der Waals surface area contributed by atoms with E-state index in [9.17, 15) is 4.39 Å². The van der Waals surface area contributed by atoms with Gasteiger partial charge in [-0.2, -0.15) is 0 Å². The molecule has 0 N–H and O–H groups in total. The average Bonchev–Trinajstić information content (AvgIpc) is 1.97. The number of hydrogen-bond donors (Lipinski definition) is 0. The van der Waals surface area contributed by atoms with Crippen molar-refractivity contribution < 1.29 is 4.39 Å². The first-order chi connectivity index (χ1) is 5.15. The zero-order valence-corrected chi connectivity index (χ0v) is 9.04. The molecule has 0 atom stereocenters. The van der Waals surface area contributed by atoms with Crippen LogP contribution in [0.3, 0.4) is 0 Å². The Balaban J connectivity index is 3.21. The minimum atomic E-state index is -0.342. The van der Waals surface area contributed by atoms with Gasteiger partial charge in [0.15, 0.2) is 0 Å². The highest BCUT2D eigenvalue weighted by molar-refractivity contribution is 14.1. The second-order valence-corrected chi connectivity index (χ2v) is 3.83. The summed E-state index contributed by atoms with van der Waals surface area (Å²) in [6.07, 6.45) is 0. The Morgan fingerprint density at radius 1 is 1.45 bits per heavy atom. The molecule has 0 bridgehead atoms. The SMILES string of the molecule is Fc1cc(Cl)c(I)cc1CCl. The molecule has 0 nitrogen and oxygen atoms in total. The Hall–Kier alpha value is 0.460. The minimum Gasteiger partial charge on any atom is -0.207 e. The summed E-state index contributed by atoms with van der Waals surface area (Å²) in [6, 6.07) is 2.92. The minimum absolute atomic E-state index is 0.180. The molecule has 11 heavy (non-hydrogen) atoms. The van der Waals surface area contributed by atoms with Gasteiger partial charge in [-0.05, 0) is 34.7 Å². The van der Waals surface area contributed by atoms with Crippen molar-refractivity contribution in [3.63, 3.8) is 0 Å². The van der Waals surface area contributed by atoms with Crippen LogP contribution in [0.15, 0.2) is 12.1 Å². The summed E-state index contributed by atoms with van der Waals surface area (Å²) in [7, 11) is 0. The molecule has 0 aliphatic carbocycles. The molecular formula is C7H4Cl2FI. The Bertz CT molecular complexity index is 275. The lowest BCUT2D eigenvalue weighted by Crippen LogP contribution is -1.87. The van der Waals surface area contributed by atoms with Crippen LogP contribution in [0.1, 0.15) is 5.56 Å². The maximum atomic E-state index is 12.9. The van der Waals surface area contributed by atoms with Crippen LogP contribution in [0.2, 0.25) is 5.02 Å². The van der Waals surface area contributed by atoms with Gasteiger partial charge in [-0.1, -0.05) is 11.6 Å². The molecule has 0 heterocycles. The van der Waals surface area contributed by atoms with Crippen LogP contribution in [0.25, 0.3) is 0 Å². The summed E-state index contributed by atoms with van der Waals surface area (Å²) in [6.45, 7) is 0. The van der Waals surface area contributed by atoms with Crippen LogP contribution in [-0.4, -0.2) is 0 Å². The van der Waals surface area contributed by atoms with Gasteiger partial charge in [0.1, 0.15) is 5.82 Å².